The average molecular weight is 174 g/mol. The van der Waals surface area contributed by atoms with E-state index in [2.05, 4.69) is 4.99 Å². The van der Waals surface area contributed by atoms with Crippen LogP contribution >= 0.6 is 11.6 Å². The summed E-state index contributed by atoms with van der Waals surface area (Å²) in [5.74, 6) is -0.319. The third-order valence-corrected chi connectivity index (χ3v) is 1.49. The zero-order valence-corrected chi connectivity index (χ0v) is 6.53. The molecule has 1 atom stereocenters. The number of nitrogens with zero attached hydrogens (tertiary/aromatic N) is 2. The van der Waals surface area contributed by atoms with Crippen molar-refractivity contribution < 1.29 is 4.79 Å². The number of hydrogen-bond donors (Lipinski definition) is 1. The zero-order valence-electron chi connectivity index (χ0n) is 5.77. The molecule has 1 unspecified atom stereocenters. The molecule has 0 fully saturated rings. The van der Waals surface area contributed by atoms with Crippen LogP contribution < -0.4 is 5.73 Å². The minimum absolute atomic E-state index is 0.0758. The summed E-state index contributed by atoms with van der Waals surface area (Å²) < 4.78 is 0. The standard InChI is InChI=1S/C6H8ClN3O/c7-4-5(11)10-3-1-2-9-6(10)8/h1-3,6H,4,8H2. The van der Waals surface area contributed by atoms with E-state index in [4.69, 9.17) is 17.3 Å². The van der Waals surface area contributed by atoms with Gasteiger partial charge in [0.2, 0.25) is 5.91 Å². The van der Waals surface area contributed by atoms with Crippen molar-refractivity contribution in [1.82, 2.24) is 4.90 Å². The molecule has 0 aromatic rings. The lowest BCUT2D eigenvalue weighted by Crippen LogP contribution is -2.42. The molecule has 2 N–H and O–H groups in total. The van der Waals surface area contributed by atoms with Gasteiger partial charge in [0, 0.05) is 12.4 Å². The highest BCUT2D eigenvalue weighted by Gasteiger charge is 2.16. The monoisotopic (exact) mass is 173 g/mol. The van der Waals surface area contributed by atoms with Crippen molar-refractivity contribution in [3.63, 3.8) is 0 Å². The Morgan fingerprint density at radius 2 is 2.55 bits per heavy atom. The van der Waals surface area contributed by atoms with E-state index in [0.717, 1.165) is 0 Å². The van der Waals surface area contributed by atoms with Crippen molar-refractivity contribution in [2.75, 3.05) is 5.88 Å². The summed E-state index contributed by atoms with van der Waals surface area (Å²) in [5.41, 5.74) is 5.45. The number of amides is 1. The van der Waals surface area contributed by atoms with Gasteiger partial charge in [-0.25, -0.2) is 0 Å². The Bertz CT molecular complexity index is 214. The van der Waals surface area contributed by atoms with Gasteiger partial charge in [-0.3, -0.25) is 20.4 Å². The predicted octanol–water partition coefficient (Wildman–Crippen LogP) is -0.106. The quantitative estimate of drug-likeness (QED) is 0.563. The fraction of sp³-hybridized carbons (Fsp3) is 0.333. The summed E-state index contributed by atoms with van der Waals surface area (Å²) in [7, 11) is 0. The van der Waals surface area contributed by atoms with Crippen LogP contribution in [-0.4, -0.2) is 29.2 Å². The second-order valence-electron chi connectivity index (χ2n) is 1.99. The average Bonchev–Trinajstić information content (AvgIpc) is 2.04. The SMILES string of the molecule is NC1N=CC=CN1C(=O)CCl. The van der Waals surface area contributed by atoms with Crippen molar-refractivity contribution in [3.05, 3.63) is 12.3 Å². The van der Waals surface area contributed by atoms with Gasteiger partial charge in [-0.1, -0.05) is 0 Å². The van der Waals surface area contributed by atoms with Gasteiger partial charge in [0.05, 0.1) is 0 Å². The molecule has 4 nitrogen and oxygen atoms in total. The maximum atomic E-state index is 11.0. The first kappa shape index (κ1) is 8.23. The molecule has 1 aliphatic rings. The van der Waals surface area contributed by atoms with Crippen LogP contribution in [-0.2, 0) is 4.79 Å². The zero-order chi connectivity index (χ0) is 8.27. The highest BCUT2D eigenvalue weighted by molar-refractivity contribution is 6.27. The Balaban J connectivity index is 2.65. The van der Waals surface area contributed by atoms with Crippen LogP contribution in [0.15, 0.2) is 17.3 Å². The Labute approximate surface area is 69.3 Å². The van der Waals surface area contributed by atoms with Crippen LogP contribution in [0.4, 0.5) is 0 Å². The molecule has 0 spiro atoms. The Morgan fingerprint density at radius 3 is 3.09 bits per heavy atom. The molecular formula is C6H8ClN3O. The molecule has 0 aliphatic carbocycles. The van der Waals surface area contributed by atoms with Crippen LogP contribution in [0.2, 0.25) is 0 Å². The first-order chi connectivity index (χ1) is 5.25. The third-order valence-electron chi connectivity index (χ3n) is 1.26. The summed E-state index contributed by atoms with van der Waals surface area (Å²) in [4.78, 5) is 16.0. The maximum absolute atomic E-state index is 11.0. The fourth-order valence-electron chi connectivity index (χ4n) is 0.729. The smallest absolute Gasteiger partial charge is 0.244 e. The number of carbonyl (C=O) groups is 1. The summed E-state index contributed by atoms with van der Waals surface area (Å²) in [6, 6.07) is 0. The molecule has 11 heavy (non-hydrogen) atoms. The minimum Gasteiger partial charge on any atom is -0.292 e. The second-order valence-corrected chi connectivity index (χ2v) is 2.26. The molecule has 0 aromatic heterocycles. The van der Waals surface area contributed by atoms with Gasteiger partial charge in [-0.05, 0) is 6.08 Å². The number of nitrogens with two attached hydrogens (primary N) is 1. The van der Waals surface area contributed by atoms with Crippen molar-refractivity contribution in [2.24, 2.45) is 10.7 Å². The highest BCUT2D eigenvalue weighted by Crippen LogP contribution is 2.02. The number of alkyl halides is 1. The van der Waals surface area contributed by atoms with Gasteiger partial charge in [0.25, 0.3) is 0 Å². The molecular weight excluding hydrogens is 166 g/mol. The summed E-state index contributed by atoms with van der Waals surface area (Å²) in [6.07, 6.45) is 4.12. The summed E-state index contributed by atoms with van der Waals surface area (Å²) in [5, 5.41) is 0. The molecule has 1 heterocycles. The fourth-order valence-corrected chi connectivity index (χ4v) is 0.867. The second kappa shape index (κ2) is 3.50. The molecule has 0 radical (unpaired) electrons. The van der Waals surface area contributed by atoms with E-state index in [1.807, 2.05) is 0 Å². The molecule has 1 rings (SSSR count). The van der Waals surface area contributed by atoms with E-state index in [1.165, 1.54) is 4.90 Å². The Kier molecular flexibility index (Phi) is 2.62. The van der Waals surface area contributed by atoms with Crippen LogP contribution in [0.1, 0.15) is 0 Å². The van der Waals surface area contributed by atoms with Crippen molar-refractivity contribution >= 4 is 23.7 Å². The van der Waals surface area contributed by atoms with Crippen LogP contribution in [0.5, 0.6) is 0 Å². The van der Waals surface area contributed by atoms with Gasteiger partial charge < -0.3 is 0 Å². The highest BCUT2D eigenvalue weighted by atomic mass is 35.5. The van der Waals surface area contributed by atoms with Gasteiger partial charge in [0.1, 0.15) is 5.88 Å². The maximum Gasteiger partial charge on any atom is 0.244 e. The number of carbonyl (C=O) groups excluding carboxylic acids is 1. The van der Waals surface area contributed by atoms with E-state index in [9.17, 15) is 4.79 Å². The first-order valence-corrected chi connectivity index (χ1v) is 3.62. The van der Waals surface area contributed by atoms with Gasteiger partial charge in [-0.15, -0.1) is 11.6 Å². The minimum atomic E-state index is -0.619. The lowest BCUT2D eigenvalue weighted by molar-refractivity contribution is -0.127. The van der Waals surface area contributed by atoms with Crippen molar-refractivity contribution in [1.29, 1.82) is 0 Å². The van der Waals surface area contributed by atoms with Gasteiger partial charge >= 0.3 is 0 Å². The lowest BCUT2D eigenvalue weighted by Gasteiger charge is -2.22. The Morgan fingerprint density at radius 1 is 1.82 bits per heavy atom. The van der Waals surface area contributed by atoms with Gasteiger partial charge in [0.15, 0.2) is 6.29 Å². The normalized spacial score (nSPS) is 22.4. The van der Waals surface area contributed by atoms with E-state index >= 15 is 0 Å². The van der Waals surface area contributed by atoms with Crippen molar-refractivity contribution in [2.45, 2.75) is 6.29 Å². The van der Waals surface area contributed by atoms with Gasteiger partial charge in [-0.2, -0.15) is 0 Å². The molecule has 5 heteroatoms. The Hall–Kier alpha value is -0.870. The molecule has 0 bridgehead atoms. The van der Waals surface area contributed by atoms with Crippen LogP contribution in [0.3, 0.4) is 0 Å². The van der Waals surface area contributed by atoms with E-state index in [1.54, 1.807) is 18.5 Å². The number of hydrogen-bond acceptors (Lipinski definition) is 3. The third kappa shape index (κ3) is 1.78. The molecule has 0 saturated heterocycles. The first-order valence-electron chi connectivity index (χ1n) is 3.08. The summed E-state index contributed by atoms with van der Waals surface area (Å²) in [6.45, 7) is 0. The number of rotatable bonds is 1. The van der Waals surface area contributed by atoms with Crippen LogP contribution in [0, 0.1) is 0 Å². The molecule has 60 valence electrons. The topological polar surface area (TPSA) is 58.7 Å². The molecule has 1 aliphatic heterocycles. The predicted molar refractivity (Wildman–Crippen MR) is 43.2 cm³/mol. The van der Waals surface area contributed by atoms with Crippen LogP contribution in [0.25, 0.3) is 0 Å². The van der Waals surface area contributed by atoms with Crippen molar-refractivity contribution in [3.8, 4) is 0 Å². The number of halogens is 1. The number of aliphatic imine (C=N–C) groups is 1. The molecule has 0 aromatic carbocycles. The molecule has 0 saturated carbocycles. The molecule has 1 amide bonds. The van der Waals surface area contributed by atoms with E-state index < -0.39 is 6.29 Å². The summed E-state index contributed by atoms with van der Waals surface area (Å²) >= 11 is 5.32. The lowest BCUT2D eigenvalue weighted by atomic mass is 10.4. The largest absolute Gasteiger partial charge is 0.292 e. The van der Waals surface area contributed by atoms with E-state index in [-0.39, 0.29) is 11.8 Å². The number of allylic oxidation sites excluding steroid dienone is 1. The van der Waals surface area contributed by atoms with E-state index in [0.29, 0.717) is 0 Å².